The summed E-state index contributed by atoms with van der Waals surface area (Å²) in [6.45, 7) is 0. The summed E-state index contributed by atoms with van der Waals surface area (Å²) in [5.41, 5.74) is 4.44. The number of benzene rings is 2. The van der Waals surface area contributed by atoms with Crippen LogP contribution < -0.4 is 16.2 Å². The van der Waals surface area contributed by atoms with Gasteiger partial charge in [-0.15, -0.1) is 0 Å². The summed E-state index contributed by atoms with van der Waals surface area (Å²) < 4.78 is 0. The summed E-state index contributed by atoms with van der Waals surface area (Å²) in [5.74, 6) is 5.00. The molecule has 0 heterocycles. The highest BCUT2D eigenvalue weighted by molar-refractivity contribution is 5.86. The Morgan fingerprint density at radius 2 is 1.81 bits per heavy atom. The van der Waals surface area contributed by atoms with Crippen LogP contribution in [0.15, 0.2) is 54.6 Å². The van der Waals surface area contributed by atoms with E-state index in [-0.39, 0.29) is 5.91 Å². The van der Waals surface area contributed by atoms with Gasteiger partial charge in [0, 0.05) is 12.7 Å². The monoisotopic (exact) mass is 280 g/mol. The maximum absolute atomic E-state index is 12.1. The van der Waals surface area contributed by atoms with Crippen molar-refractivity contribution in [1.82, 2.24) is 5.43 Å². The van der Waals surface area contributed by atoms with Gasteiger partial charge >= 0.3 is 0 Å². The van der Waals surface area contributed by atoms with Crippen molar-refractivity contribution >= 4 is 11.6 Å². The third-order valence-electron chi connectivity index (χ3n) is 3.30. The molecule has 106 valence electrons. The highest BCUT2D eigenvalue weighted by Gasteiger charge is 2.24. The number of likely N-dealkylation sites (N-methyl/N-ethyl adjacent to an activating group) is 1. The molecule has 2 rings (SSSR count). The van der Waals surface area contributed by atoms with Crippen LogP contribution in [0.4, 0.5) is 5.69 Å². The van der Waals surface area contributed by atoms with E-state index in [1.165, 1.54) is 0 Å². The van der Waals surface area contributed by atoms with Crippen molar-refractivity contribution in [2.75, 3.05) is 11.9 Å². The first kappa shape index (κ1) is 14.6. The van der Waals surface area contributed by atoms with Crippen molar-refractivity contribution in [2.45, 2.75) is 6.04 Å². The lowest BCUT2D eigenvalue weighted by Crippen LogP contribution is -2.42. The molecule has 0 aliphatic heterocycles. The Bertz CT molecular complexity index is 646. The molecular weight excluding hydrogens is 264 g/mol. The Morgan fingerprint density at radius 1 is 1.19 bits per heavy atom. The zero-order chi connectivity index (χ0) is 15.2. The van der Waals surface area contributed by atoms with Crippen LogP contribution in [0.3, 0.4) is 0 Å². The molecule has 1 atom stereocenters. The molecule has 2 aromatic rings. The number of amides is 1. The number of carbonyl (C=O) groups excluding carboxylic acids is 1. The van der Waals surface area contributed by atoms with E-state index in [2.05, 4.69) is 11.5 Å². The van der Waals surface area contributed by atoms with E-state index in [0.29, 0.717) is 5.56 Å². The van der Waals surface area contributed by atoms with Crippen molar-refractivity contribution in [2.24, 2.45) is 5.84 Å². The summed E-state index contributed by atoms with van der Waals surface area (Å²) in [6, 6.07) is 18.0. The molecule has 0 aliphatic carbocycles. The minimum Gasteiger partial charge on any atom is -0.359 e. The first-order valence-corrected chi connectivity index (χ1v) is 6.45. The molecule has 3 N–H and O–H groups in total. The molecule has 0 saturated heterocycles. The highest BCUT2D eigenvalue weighted by Crippen LogP contribution is 2.25. The zero-order valence-corrected chi connectivity index (χ0v) is 11.7. The van der Waals surface area contributed by atoms with Gasteiger partial charge in [0.05, 0.1) is 11.6 Å². The molecule has 0 radical (unpaired) electrons. The lowest BCUT2D eigenvalue weighted by atomic mass is 10.0. The number of hydrazine groups is 1. The van der Waals surface area contributed by atoms with Gasteiger partial charge in [-0.2, -0.15) is 5.26 Å². The summed E-state index contributed by atoms with van der Waals surface area (Å²) in [5, 5.41) is 8.84. The van der Waals surface area contributed by atoms with Crippen molar-refractivity contribution in [3.05, 3.63) is 65.7 Å². The average molecular weight is 280 g/mol. The predicted octanol–water partition coefficient (Wildman–Crippen LogP) is 1.73. The number of nitriles is 1. The third-order valence-corrected chi connectivity index (χ3v) is 3.30. The Balaban J connectivity index is 2.36. The molecule has 1 amide bonds. The van der Waals surface area contributed by atoms with Crippen LogP contribution in [-0.2, 0) is 4.79 Å². The first-order valence-electron chi connectivity index (χ1n) is 6.45. The van der Waals surface area contributed by atoms with E-state index in [1.54, 1.807) is 24.3 Å². The number of hydrogen-bond donors (Lipinski definition) is 2. The fourth-order valence-corrected chi connectivity index (χ4v) is 2.19. The van der Waals surface area contributed by atoms with Gasteiger partial charge in [0.1, 0.15) is 6.04 Å². The molecule has 0 bridgehead atoms. The molecule has 2 aromatic carbocycles. The summed E-state index contributed by atoms with van der Waals surface area (Å²) in [4.78, 5) is 13.9. The fourth-order valence-electron chi connectivity index (χ4n) is 2.19. The number of nitrogens with one attached hydrogen (secondary N) is 1. The van der Waals surface area contributed by atoms with E-state index in [0.717, 1.165) is 11.3 Å². The van der Waals surface area contributed by atoms with Crippen molar-refractivity contribution < 1.29 is 4.79 Å². The Morgan fingerprint density at radius 3 is 2.33 bits per heavy atom. The second kappa shape index (κ2) is 6.55. The maximum Gasteiger partial charge on any atom is 0.261 e. The summed E-state index contributed by atoms with van der Waals surface area (Å²) in [6.07, 6.45) is 0. The molecule has 0 aliphatic rings. The molecule has 5 heteroatoms. The van der Waals surface area contributed by atoms with Gasteiger partial charge in [-0.3, -0.25) is 10.2 Å². The summed E-state index contributed by atoms with van der Waals surface area (Å²) >= 11 is 0. The number of hydrogen-bond acceptors (Lipinski definition) is 4. The van der Waals surface area contributed by atoms with Gasteiger partial charge in [0.15, 0.2) is 0 Å². The number of nitrogens with zero attached hydrogens (tertiary/aromatic N) is 2. The van der Waals surface area contributed by atoms with Gasteiger partial charge in [-0.25, -0.2) is 5.84 Å². The van der Waals surface area contributed by atoms with Gasteiger partial charge in [-0.05, 0) is 29.8 Å². The van der Waals surface area contributed by atoms with Crippen LogP contribution >= 0.6 is 0 Å². The molecule has 5 nitrogen and oxygen atoms in total. The number of anilines is 1. The number of rotatable bonds is 4. The lowest BCUT2D eigenvalue weighted by molar-refractivity contribution is -0.122. The van der Waals surface area contributed by atoms with Gasteiger partial charge in [-0.1, -0.05) is 30.3 Å². The molecule has 21 heavy (non-hydrogen) atoms. The quantitative estimate of drug-likeness (QED) is 0.507. The van der Waals surface area contributed by atoms with Crippen molar-refractivity contribution in [3.8, 4) is 6.07 Å². The van der Waals surface area contributed by atoms with E-state index >= 15 is 0 Å². The van der Waals surface area contributed by atoms with Crippen molar-refractivity contribution in [1.29, 1.82) is 5.26 Å². The van der Waals surface area contributed by atoms with Crippen LogP contribution in [0.5, 0.6) is 0 Å². The topological polar surface area (TPSA) is 82.2 Å². The Labute approximate surface area is 123 Å². The summed E-state index contributed by atoms with van der Waals surface area (Å²) in [7, 11) is 1.81. The third kappa shape index (κ3) is 3.19. The molecule has 0 saturated carbocycles. The van der Waals surface area contributed by atoms with Crippen molar-refractivity contribution in [3.63, 3.8) is 0 Å². The van der Waals surface area contributed by atoms with E-state index in [9.17, 15) is 4.79 Å². The van der Waals surface area contributed by atoms with Crippen LogP contribution in [0.1, 0.15) is 17.2 Å². The smallest absolute Gasteiger partial charge is 0.261 e. The minimum absolute atomic E-state index is 0.298. The molecule has 0 fully saturated rings. The van der Waals surface area contributed by atoms with Gasteiger partial charge in [0.2, 0.25) is 0 Å². The Kier molecular flexibility index (Phi) is 4.54. The van der Waals surface area contributed by atoms with Crippen LogP contribution in [0.2, 0.25) is 0 Å². The standard InChI is InChI=1S/C16H16N4O/c1-20(14-9-7-12(11-17)8-10-14)15(16(21)19-18)13-5-3-2-4-6-13/h2-10,15H,18H2,1H3,(H,19,21). The van der Waals surface area contributed by atoms with Crippen LogP contribution in [0, 0.1) is 11.3 Å². The SMILES string of the molecule is CN(c1ccc(C#N)cc1)C(C(=O)NN)c1ccccc1. The first-order chi connectivity index (χ1) is 10.2. The van der Waals surface area contributed by atoms with Gasteiger partial charge in [0.25, 0.3) is 5.91 Å². The number of nitrogens with two attached hydrogens (primary N) is 1. The minimum atomic E-state index is -0.538. The normalized spacial score (nSPS) is 11.3. The largest absolute Gasteiger partial charge is 0.359 e. The lowest BCUT2D eigenvalue weighted by Gasteiger charge is -2.29. The zero-order valence-electron chi connectivity index (χ0n) is 11.7. The molecule has 0 aromatic heterocycles. The van der Waals surface area contributed by atoms with Gasteiger partial charge < -0.3 is 4.90 Å². The Hall–Kier alpha value is -2.84. The highest BCUT2D eigenvalue weighted by atomic mass is 16.2. The van der Waals surface area contributed by atoms with E-state index < -0.39 is 6.04 Å². The van der Waals surface area contributed by atoms with Crippen LogP contribution in [0.25, 0.3) is 0 Å². The second-order valence-electron chi connectivity index (χ2n) is 4.59. The molecule has 0 spiro atoms. The fraction of sp³-hybridized carbons (Fsp3) is 0.125. The predicted molar refractivity (Wildman–Crippen MR) is 81.1 cm³/mol. The van der Waals surface area contributed by atoms with E-state index in [1.807, 2.05) is 42.3 Å². The maximum atomic E-state index is 12.1. The van der Waals surface area contributed by atoms with E-state index in [4.69, 9.17) is 11.1 Å². The second-order valence-corrected chi connectivity index (χ2v) is 4.59. The average Bonchev–Trinajstić information content (AvgIpc) is 2.55. The molecule has 1 unspecified atom stereocenters. The number of carbonyl (C=O) groups is 1. The molecular formula is C16H16N4O. The van der Waals surface area contributed by atoms with Crippen LogP contribution in [-0.4, -0.2) is 13.0 Å².